The van der Waals surface area contributed by atoms with Gasteiger partial charge < -0.3 is 4.90 Å². The summed E-state index contributed by atoms with van der Waals surface area (Å²) in [6.45, 7) is 30.4. The molecule has 7 rings (SSSR count). The van der Waals surface area contributed by atoms with E-state index < -0.39 is 0 Å². The first-order chi connectivity index (χ1) is 21.7. The lowest BCUT2D eigenvalue weighted by Crippen LogP contribution is -2.66. The Bertz CT molecular complexity index is 1940. The fraction of sp³-hybridized carbons (Fsp3) is 0.302. The largest absolute Gasteiger partial charge is 0.313 e. The van der Waals surface area contributed by atoms with E-state index >= 15 is 0 Å². The zero-order valence-corrected chi connectivity index (χ0v) is 30.2. The first-order valence-electron chi connectivity index (χ1n) is 17.0. The van der Waals surface area contributed by atoms with Crippen LogP contribution in [0.5, 0.6) is 0 Å². The van der Waals surface area contributed by atoms with Gasteiger partial charge in [-0.15, -0.1) is 0 Å². The number of rotatable bonds is 2. The molecule has 2 aliphatic heterocycles. The second kappa shape index (κ2) is 10.5. The van der Waals surface area contributed by atoms with Gasteiger partial charge in [-0.25, -0.2) is 0 Å². The topological polar surface area (TPSA) is 3.24 Å². The van der Waals surface area contributed by atoms with Gasteiger partial charge in [0.25, 0.3) is 0 Å². The maximum atomic E-state index is 2.62. The molecule has 2 aliphatic rings. The summed E-state index contributed by atoms with van der Waals surface area (Å²) in [7, 11) is 0. The predicted octanol–water partition coefficient (Wildman–Crippen LogP) is 6.83. The highest BCUT2D eigenvalue weighted by molar-refractivity contribution is 7.02. The highest BCUT2D eigenvalue weighted by Gasteiger charge is 2.45. The maximum Gasteiger partial charge on any atom is 0.247 e. The smallest absolute Gasteiger partial charge is 0.247 e. The lowest BCUT2D eigenvalue weighted by Gasteiger charge is -2.45. The molecule has 230 valence electrons. The summed E-state index contributed by atoms with van der Waals surface area (Å²) in [5.41, 5.74) is 30.9. The third-order valence-electron chi connectivity index (χ3n) is 12.3. The number of benzene rings is 5. The van der Waals surface area contributed by atoms with E-state index in [2.05, 4.69) is 143 Å². The monoisotopic (exact) mass is 599 g/mol. The summed E-state index contributed by atoms with van der Waals surface area (Å²) in [6, 6.07) is 19.3. The van der Waals surface area contributed by atoms with Gasteiger partial charge in [-0.1, -0.05) is 86.3 Å². The molecule has 0 atom stereocenters. The van der Waals surface area contributed by atoms with E-state index in [9.17, 15) is 0 Å². The molecule has 0 spiro atoms. The summed E-state index contributed by atoms with van der Waals surface area (Å²) in [5, 5.41) is 0. The number of hydrogen-bond acceptors (Lipinski definition) is 1. The van der Waals surface area contributed by atoms with Gasteiger partial charge in [-0.2, -0.15) is 0 Å². The van der Waals surface area contributed by atoms with E-state index in [1.54, 1.807) is 0 Å². The minimum atomic E-state index is 0.161. The van der Waals surface area contributed by atoms with Gasteiger partial charge in [0.05, 0.1) is 0 Å². The number of nitrogens with zero attached hydrogens (tertiary/aromatic N) is 1. The molecule has 0 N–H and O–H groups in total. The van der Waals surface area contributed by atoms with Crippen molar-refractivity contribution in [2.45, 2.75) is 90.0 Å². The van der Waals surface area contributed by atoms with Gasteiger partial charge >= 0.3 is 0 Å². The molecule has 1 nitrogen and oxygen atoms in total. The van der Waals surface area contributed by atoms with E-state index in [1.165, 1.54) is 122 Å². The molecule has 0 amide bonds. The normalized spacial score (nSPS) is 13.2. The quantitative estimate of drug-likeness (QED) is 0.197. The van der Waals surface area contributed by atoms with Crippen molar-refractivity contribution in [3.05, 3.63) is 121 Å². The third-order valence-corrected chi connectivity index (χ3v) is 12.3. The molecule has 0 bridgehead atoms. The molecule has 5 aromatic rings. The van der Waals surface area contributed by atoms with Crippen molar-refractivity contribution in [1.82, 2.24) is 0 Å². The molecular formula is C43H47B2N. The van der Waals surface area contributed by atoms with Gasteiger partial charge in [0.1, 0.15) is 0 Å². The number of aryl methyl sites for hydroxylation is 3. The molecule has 0 fully saturated rings. The first kappa shape index (κ1) is 30.7. The molecule has 0 saturated heterocycles. The van der Waals surface area contributed by atoms with Crippen molar-refractivity contribution in [1.29, 1.82) is 0 Å². The molecule has 5 aromatic carbocycles. The van der Waals surface area contributed by atoms with Crippen LogP contribution in [0.15, 0.2) is 48.5 Å². The van der Waals surface area contributed by atoms with Crippen LogP contribution in [0.2, 0.25) is 0 Å². The molecule has 0 aromatic heterocycles. The molecule has 2 heterocycles. The number of anilines is 3. The summed E-state index contributed by atoms with van der Waals surface area (Å²) < 4.78 is 0. The Labute approximate surface area is 278 Å². The van der Waals surface area contributed by atoms with Gasteiger partial charge in [0, 0.05) is 17.1 Å². The van der Waals surface area contributed by atoms with Crippen molar-refractivity contribution < 1.29 is 0 Å². The summed E-state index contributed by atoms with van der Waals surface area (Å²) >= 11 is 0. The average molecular weight is 599 g/mol. The van der Waals surface area contributed by atoms with E-state index in [4.69, 9.17) is 0 Å². The van der Waals surface area contributed by atoms with Crippen LogP contribution in [0.4, 0.5) is 17.1 Å². The zero-order chi connectivity index (χ0) is 33.1. The molecule has 3 heteroatoms. The lowest BCUT2D eigenvalue weighted by molar-refractivity contribution is 1.19. The molecule has 0 aliphatic carbocycles. The Morgan fingerprint density at radius 1 is 0.348 bits per heavy atom. The molecule has 0 unspecified atom stereocenters. The van der Waals surface area contributed by atoms with Gasteiger partial charge in [0.2, 0.25) is 13.4 Å². The van der Waals surface area contributed by atoms with Crippen LogP contribution in [0.25, 0.3) is 0 Å². The highest BCUT2D eigenvalue weighted by Crippen LogP contribution is 2.39. The van der Waals surface area contributed by atoms with Crippen LogP contribution < -0.4 is 37.7 Å². The second-order valence-electron chi connectivity index (χ2n) is 14.7. The van der Waals surface area contributed by atoms with Gasteiger partial charge in [-0.3, -0.25) is 0 Å². The van der Waals surface area contributed by atoms with Crippen LogP contribution in [-0.4, -0.2) is 13.4 Å². The van der Waals surface area contributed by atoms with Crippen LogP contribution >= 0.6 is 0 Å². The molecular weight excluding hydrogens is 552 g/mol. The van der Waals surface area contributed by atoms with E-state index in [0.717, 1.165) is 0 Å². The second-order valence-corrected chi connectivity index (χ2v) is 14.7. The number of hydrogen-bond donors (Lipinski definition) is 0. The van der Waals surface area contributed by atoms with E-state index in [1.807, 2.05) is 0 Å². The fourth-order valence-corrected chi connectivity index (χ4v) is 9.00. The van der Waals surface area contributed by atoms with E-state index in [0.29, 0.717) is 0 Å². The van der Waals surface area contributed by atoms with Crippen LogP contribution in [-0.2, 0) is 0 Å². The van der Waals surface area contributed by atoms with Crippen molar-refractivity contribution in [3.63, 3.8) is 0 Å². The molecule has 46 heavy (non-hydrogen) atoms. The molecule has 0 radical (unpaired) electrons. The Balaban J connectivity index is 1.67. The van der Waals surface area contributed by atoms with E-state index in [-0.39, 0.29) is 13.4 Å². The van der Waals surface area contributed by atoms with Gasteiger partial charge in [0.15, 0.2) is 0 Å². The van der Waals surface area contributed by atoms with Crippen molar-refractivity contribution in [3.8, 4) is 0 Å². The Morgan fingerprint density at radius 2 is 0.652 bits per heavy atom. The standard InChI is InChI=1S/C43H47B2N/c1-22-14-16-39-35(18-22)44(41-31(10)27(6)25(4)28(7)32(41)11)37-20-24(3)21-38-43(37)46(39)40-17-15-23(2)19-36(40)45(38)42-33(12)29(8)26(5)30(9)34(42)13/h14-21H,1-13H3. The van der Waals surface area contributed by atoms with Crippen molar-refractivity contribution in [2.24, 2.45) is 0 Å². The first-order valence-corrected chi connectivity index (χ1v) is 17.0. The predicted molar refractivity (Wildman–Crippen MR) is 205 cm³/mol. The minimum absolute atomic E-state index is 0.161. The lowest BCUT2D eigenvalue weighted by atomic mass is 9.29. The Kier molecular flexibility index (Phi) is 7.02. The fourth-order valence-electron chi connectivity index (χ4n) is 9.00. The van der Waals surface area contributed by atoms with Crippen LogP contribution in [0.3, 0.4) is 0 Å². The third kappa shape index (κ3) is 4.09. The summed E-state index contributed by atoms with van der Waals surface area (Å²) in [6.07, 6.45) is 0. The zero-order valence-electron chi connectivity index (χ0n) is 30.2. The summed E-state index contributed by atoms with van der Waals surface area (Å²) in [4.78, 5) is 2.62. The summed E-state index contributed by atoms with van der Waals surface area (Å²) in [5.74, 6) is 0. The minimum Gasteiger partial charge on any atom is -0.313 e. The van der Waals surface area contributed by atoms with Crippen molar-refractivity contribution in [2.75, 3.05) is 4.90 Å². The molecule has 0 saturated carbocycles. The van der Waals surface area contributed by atoms with Crippen LogP contribution in [0.1, 0.15) is 72.3 Å². The Morgan fingerprint density at radius 3 is 1.00 bits per heavy atom. The highest BCUT2D eigenvalue weighted by atomic mass is 15.2. The number of fused-ring (bicyclic) bond motifs is 4. The van der Waals surface area contributed by atoms with Crippen LogP contribution in [0, 0.1) is 90.0 Å². The average Bonchev–Trinajstić information content (AvgIpc) is 3.02. The maximum absolute atomic E-state index is 2.62. The SMILES string of the molecule is Cc1ccc2c(c1)B(c1c(C)c(C)c(C)c(C)c1C)c1cc(C)cc3c1N2c1ccc(C)cc1B3c1c(C)c(C)c(C)c(C)c1C. The Hall–Kier alpha value is -3.97. The van der Waals surface area contributed by atoms with Gasteiger partial charge in [-0.05, 0) is 157 Å². The van der Waals surface area contributed by atoms with Crippen molar-refractivity contribution >= 4 is 63.3 Å².